The van der Waals surface area contributed by atoms with Crippen LogP contribution in [-0.2, 0) is 0 Å². The van der Waals surface area contributed by atoms with Gasteiger partial charge in [-0.3, -0.25) is 0 Å². The number of aromatic nitrogens is 2. The zero-order valence-corrected chi connectivity index (χ0v) is 10.3. The zero-order chi connectivity index (χ0) is 12.0. The molecular weight excluding hydrogens is 212 g/mol. The molecule has 4 heteroatoms. The molecule has 90 valence electrons. The first-order valence-corrected chi connectivity index (χ1v) is 6.13. The second-order valence-corrected chi connectivity index (χ2v) is 5.03. The van der Waals surface area contributed by atoms with E-state index in [9.17, 15) is 0 Å². The van der Waals surface area contributed by atoms with Crippen LogP contribution < -0.4 is 10.6 Å². The first-order valence-electron chi connectivity index (χ1n) is 6.13. The lowest BCUT2D eigenvalue weighted by Gasteiger charge is -2.23. The van der Waals surface area contributed by atoms with Gasteiger partial charge < -0.3 is 15.6 Å². The largest absolute Gasteiger partial charge is 0.399 e. The van der Waals surface area contributed by atoms with E-state index in [0.717, 1.165) is 28.6 Å². The van der Waals surface area contributed by atoms with Gasteiger partial charge in [0.25, 0.3) is 0 Å². The molecule has 1 fully saturated rings. The maximum absolute atomic E-state index is 5.77. The van der Waals surface area contributed by atoms with Crippen molar-refractivity contribution in [2.45, 2.75) is 25.8 Å². The number of nitrogen functional groups attached to an aromatic ring is 1. The van der Waals surface area contributed by atoms with Crippen LogP contribution in [0.3, 0.4) is 0 Å². The van der Waals surface area contributed by atoms with Gasteiger partial charge >= 0.3 is 0 Å². The van der Waals surface area contributed by atoms with E-state index in [2.05, 4.69) is 28.8 Å². The van der Waals surface area contributed by atoms with Gasteiger partial charge in [0.2, 0.25) is 5.95 Å². The van der Waals surface area contributed by atoms with E-state index in [4.69, 9.17) is 5.73 Å². The topological polar surface area (TPSA) is 57.9 Å². The minimum Gasteiger partial charge on any atom is -0.399 e. The highest BCUT2D eigenvalue weighted by Gasteiger charge is 2.31. The Morgan fingerprint density at radius 1 is 1.47 bits per heavy atom. The Morgan fingerprint density at radius 3 is 2.94 bits per heavy atom. The van der Waals surface area contributed by atoms with Crippen molar-refractivity contribution in [1.29, 1.82) is 0 Å². The van der Waals surface area contributed by atoms with E-state index in [1.54, 1.807) is 0 Å². The predicted molar refractivity (Wildman–Crippen MR) is 71.1 cm³/mol. The van der Waals surface area contributed by atoms with Gasteiger partial charge in [-0.15, -0.1) is 0 Å². The number of rotatable bonds is 3. The lowest BCUT2D eigenvalue weighted by Crippen LogP contribution is -2.31. The quantitative estimate of drug-likeness (QED) is 0.796. The van der Waals surface area contributed by atoms with Crippen molar-refractivity contribution in [3.63, 3.8) is 0 Å². The Morgan fingerprint density at radius 2 is 2.24 bits per heavy atom. The summed E-state index contributed by atoms with van der Waals surface area (Å²) < 4.78 is 0. The molecule has 0 bridgehead atoms. The van der Waals surface area contributed by atoms with Crippen molar-refractivity contribution in [2.24, 2.45) is 5.92 Å². The fourth-order valence-electron chi connectivity index (χ4n) is 2.27. The van der Waals surface area contributed by atoms with E-state index in [-0.39, 0.29) is 0 Å². The lowest BCUT2D eigenvalue weighted by molar-refractivity contribution is 0.600. The van der Waals surface area contributed by atoms with Crippen LogP contribution in [0.4, 0.5) is 11.6 Å². The van der Waals surface area contributed by atoms with Crippen molar-refractivity contribution in [3.05, 3.63) is 18.2 Å². The number of H-pyrrole nitrogens is 1. The van der Waals surface area contributed by atoms with E-state index >= 15 is 0 Å². The van der Waals surface area contributed by atoms with Crippen LogP contribution in [-0.4, -0.2) is 23.1 Å². The molecule has 1 aliphatic rings. The highest BCUT2D eigenvalue weighted by molar-refractivity contribution is 5.80. The predicted octanol–water partition coefficient (Wildman–Crippen LogP) is 2.38. The number of aromatic amines is 1. The molecule has 0 saturated heterocycles. The molecule has 17 heavy (non-hydrogen) atoms. The summed E-state index contributed by atoms with van der Waals surface area (Å²) in [5.41, 5.74) is 8.52. The van der Waals surface area contributed by atoms with E-state index in [1.165, 1.54) is 12.8 Å². The Balaban J connectivity index is 1.94. The zero-order valence-electron chi connectivity index (χ0n) is 10.3. The Kier molecular flexibility index (Phi) is 2.24. The molecule has 3 N–H and O–H groups in total. The summed E-state index contributed by atoms with van der Waals surface area (Å²) in [5.74, 6) is 1.77. The van der Waals surface area contributed by atoms with Crippen LogP contribution in [0.25, 0.3) is 11.0 Å². The first kappa shape index (κ1) is 10.4. The SMILES string of the molecule is CC(C1CC1)N(C)c1nc2ccc(N)cc2[nH]1. The van der Waals surface area contributed by atoms with Crippen molar-refractivity contribution in [1.82, 2.24) is 9.97 Å². The Hall–Kier alpha value is -1.71. The lowest BCUT2D eigenvalue weighted by atomic mass is 10.2. The molecule has 1 saturated carbocycles. The molecule has 1 aliphatic carbocycles. The molecule has 0 aliphatic heterocycles. The van der Waals surface area contributed by atoms with Gasteiger partial charge in [0.1, 0.15) is 0 Å². The molecule has 0 spiro atoms. The standard InChI is InChI=1S/C13H18N4/c1-8(9-3-4-9)17(2)13-15-11-6-5-10(14)7-12(11)16-13/h5-9H,3-4,14H2,1-2H3,(H,15,16). The van der Waals surface area contributed by atoms with Gasteiger partial charge in [-0.1, -0.05) is 0 Å². The molecule has 1 aromatic carbocycles. The van der Waals surface area contributed by atoms with Crippen LogP contribution in [0.1, 0.15) is 19.8 Å². The van der Waals surface area contributed by atoms with Gasteiger partial charge in [-0.2, -0.15) is 0 Å². The second kappa shape index (κ2) is 3.65. The third-order valence-corrected chi connectivity index (χ3v) is 3.74. The Labute approximate surface area is 101 Å². The van der Waals surface area contributed by atoms with Crippen molar-refractivity contribution in [2.75, 3.05) is 17.7 Å². The van der Waals surface area contributed by atoms with Crippen LogP contribution in [0, 0.1) is 5.92 Å². The number of nitrogens with one attached hydrogen (secondary N) is 1. The third kappa shape index (κ3) is 1.84. The summed E-state index contributed by atoms with van der Waals surface area (Å²) in [6, 6.07) is 6.33. The molecule has 1 atom stereocenters. The number of nitrogens with zero attached hydrogens (tertiary/aromatic N) is 2. The number of benzene rings is 1. The van der Waals surface area contributed by atoms with Gasteiger partial charge in [-0.25, -0.2) is 4.98 Å². The molecular formula is C13H18N4. The fraction of sp³-hybridized carbons (Fsp3) is 0.462. The Bertz CT molecular complexity index is 541. The number of nitrogens with two attached hydrogens (primary N) is 1. The van der Waals surface area contributed by atoms with Gasteiger partial charge in [0.15, 0.2) is 0 Å². The van der Waals surface area contributed by atoms with E-state index in [1.807, 2.05) is 18.2 Å². The maximum Gasteiger partial charge on any atom is 0.203 e. The molecule has 1 unspecified atom stereocenters. The van der Waals surface area contributed by atoms with Crippen LogP contribution in [0.2, 0.25) is 0 Å². The summed E-state index contributed by atoms with van der Waals surface area (Å²) in [6.45, 7) is 2.26. The van der Waals surface area contributed by atoms with Crippen molar-refractivity contribution >= 4 is 22.7 Å². The molecule has 1 heterocycles. The first-order chi connectivity index (χ1) is 8.15. The number of hydrogen-bond donors (Lipinski definition) is 2. The smallest absolute Gasteiger partial charge is 0.203 e. The monoisotopic (exact) mass is 230 g/mol. The van der Waals surface area contributed by atoms with Crippen LogP contribution >= 0.6 is 0 Å². The van der Waals surface area contributed by atoms with Crippen LogP contribution in [0.15, 0.2) is 18.2 Å². The minimum absolute atomic E-state index is 0.549. The fourth-order valence-corrected chi connectivity index (χ4v) is 2.27. The number of imidazole rings is 1. The average molecular weight is 230 g/mol. The normalized spacial score (nSPS) is 17.3. The molecule has 3 rings (SSSR count). The molecule has 0 radical (unpaired) electrons. The van der Waals surface area contributed by atoms with Crippen molar-refractivity contribution < 1.29 is 0 Å². The molecule has 1 aromatic heterocycles. The summed E-state index contributed by atoms with van der Waals surface area (Å²) in [6.07, 6.45) is 2.69. The van der Waals surface area contributed by atoms with E-state index < -0.39 is 0 Å². The van der Waals surface area contributed by atoms with Crippen LogP contribution in [0.5, 0.6) is 0 Å². The maximum atomic E-state index is 5.77. The van der Waals surface area contributed by atoms with Gasteiger partial charge in [-0.05, 0) is 43.9 Å². The van der Waals surface area contributed by atoms with E-state index in [0.29, 0.717) is 6.04 Å². The number of hydrogen-bond acceptors (Lipinski definition) is 3. The second-order valence-electron chi connectivity index (χ2n) is 5.03. The van der Waals surface area contributed by atoms with Gasteiger partial charge in [0.05, 0.1) is 11.0 Å². The summed E-state index contributed by atoms with van der Waals surface area (Å²) in [7, 11) is 2.10. The molecule has 2 aromatic rings. The number of anilines is 2. The van der Waals surface area contributed by atoms with Gasteiger partial charge in [0, 0.05) is 18.8 Å². The highest BCUT2D eigenvalue weighted by Crippen LogP contribution is 2.36. The summed E-state index contributed by atoms with van der Waals surface area (Å²) in [5, 5.41) is 0. The minimum atomic E-state index is 0.549. The summed E-state index contributed by atoms with van der Waals surface area (Å²) >= 11 is 0. The molecule has 0 amide bonds. The summed E-state index contributed by atoms with van der Waals surface area (Å²) in [4.78, 5) is 10.2. The average Bonchev–Trinajstić information content (AvgIpc) is 3.07. The van der Waals surface area contributed by atoms with Crippen molar-refractivity contribution in [3.8, 4) is 0 Å². The highest BCUT2D eigenvalue weighted by atomic mass is 15.3. The molecule has 4 nitrogen and oxygen atoms in total. The third-order valence-electron chi connectivity index (χ3n) is 3.74. The number of fused-ring (bicyclic) bond motifs is 1.